The lowest BCUT2D eigenvalue weighted by Gasteiger charge is -2.28. The molecule has 1 amide bonds. The molecule has 3 aromatic rings. The number of anilines is 1. The number of thioether (sulfide) groups is 1. The number of benzene rings is 2. The van der Waals surface area contributed by atoms with Gasteiger partial charge in [-0.25, -0.2) is 4.98 Å². The Bertz CT molecular complexity index is 1010. The molecule has 6 nitrogen and oxygen atoms in total. The Labute approximate surface area is 197 Å². The third kappa shape index (κ3) is 6.36. The highest BCUT2D eigenvalue weighted by Gasteiger charge is 2.41. The molecule has 1 fully saturated rings. The van der Waals surface area contributed by atoms with E-state index in [1.165, 1.54) is 12.5 Å². The standard InChI is InChI=1S/C24H26ClN3O3S/c1-18(29)27-21-6-8-23(9-7-21)32-15-22-14-30-24(31-22,16-28-13-12-26-17-28)11-10-19-2-4-20(25)5-3-19/h2-9,12-13,17,22H,10-11,14-16H2,1H3,(H,27,29)/t22-,24+/m1/s1. The van der Waals surface area contributed by atoms with Crippen LogP contribution >= 0.6 is 23.4 Å². The van der Waals surface area contributed by atoms with Crippen molar-refractivity contribution < 1.29 is 14.3 Å². The van der Waals surface area contributed by atoms with Gasteiger partial charge in [-0.3, -0.25) is 4.79 Å². The van der Waals surface area contributed by atoms with Gasteiger partial charge in [0.05, 0.1) is 25.6 Å². The summed E-state index contributed by atoms with van der Waals surface area (Å²) in [6.45, 7) is 2.64. The first kappa shape index (κ1) is 22.9. The van der Waals surface area contributed by atoms with Gasteiger partial charge in [0.2, 0.25) is 5.91 Å². The minimum absolute atomic E-state index is 0.0104. The summed E-state index contributed by atoms with van der Waals surface area (Å²) in [5.41, 5.74) is 1.99. The first-order valence-corrected chi connectivity index (χ1v) is 11.9. The van der Waals surface area contributed by atoms with Crippen LogP contribution in [0, 0.1) is 0 Å². The fourth-order valence-electron chi connectivity index (χ4n) is 3.66. The van der Waals surface area contributed by atoms with E-state index in [0.717, 1.165) is 34.2 Å². The van der Waals surface area contributed by atoms with Crippen molar-refractivity contribution >= 4 is 35.0 Å². The van der Waals surface area contributed by atoms with E-state index < -0.39 is 5.79 Å². The van der Waals surface area contributed by atoms with E-state index in [2.05, 4.69) is 10.3 Å². The van der Waals surface area contributed by atoms with Crippen molar-refractivity contribution in [2.45, 2.75) is 43.1 Å². The number of aromatic nitrogens is 2. The number of imidazole rings is 1. The molecular weight excluding hydrogens is 446 g/mol. The number of nitrogens with one attached hydrogen (secondary N) is 1. The topological polar surface area (TPSA) is 65.4 Å². The molecule has 2 atom stereocenters. The van der Waals surface area contributed by atoms with Crippen molar-refractivity contribution in [2.75, 3.05) is 17.7 Å². The largest absolute Gasteiger partial charge is 0.345 e. The van der Waals surface area contributed by atoms with Crippen LogP contribution in [0.15, 0.2) is 72.1 Å². The van der Waals surface area contributed by atoms with Crippen LogP contribution in [0.2, 0.25) is 5.02 Å². The Morgan fingerprint density at radius 2 is 2.03 bits per heavy atom. The van der Waals surface area contributed by atoms with Gasteiger partial charge >= 0.3 is 0 Å². The van der Waals surface area contributed by atoms with Crippen LogP contribution in [0.4, 0.5) is 5.69 Å². The Balaban J connectivity index is 1.36. The van der Waals surface area contributed by atoms with Crippen molar-refractivity contribution in [1.82, 2.24) is 9.55 Å². The van der Waals surface area contributed by atoms with Gasteiger partial charge in [0.15, 0.2) is 5.79 Å². The minimum atomic E-state index is -0.694. The molecule has 1 saturated heterocycles. The van der Waals surface area contributed by atoms with Gasteiger partial charge in [-0.05, 0) is 48.4 Å². The molecule has 1 N–H and O–H groups in total. The maximum Gasteiger partial charge on any atom is 0.221 e. The summed E-state index contributed by atoms with van der Waals surface area (Å²) in [4.78, 5) is 16.4. The lowest BCUT2D eigenvalue weighted by Crippen LogP contribution is -2.37. The first-order chi connectivity index (χ1) is 15.5. The normalized spacial score (nSPS) is 20.4. The smallest absolute Gasteiger partial charge is 0.221 e. The van der Waals surface area contributed by atoms with E-state index in [4.69, 9.17) is 21.1 Å². The van der Waals surface area contributed by atoms with Gasteiger partial charge < -0.3 is 19.4 Å². The third-order valence-corrected chi connectivity index (χ3v) is 6.61. The van der Waals surface area contributed by atoms with Crippen molar-refractivity contribution in [2.24, 2.45) is 0 Å². The number of nitrogens with zero attached hydrogens (tertiary/aromatic N) is 2. The summed E-state index contributed by atoms with van der Waals surface area (Å²) in [6, 6.07) is 15.7. The molecule has 1 aromatic heterocycles. The van der Waals surface area contributed by atoms with Gasteiger partial charge in [-0.15, -0.1) is 11.8 Å². The van der Waals surface area contributed by atoms with E-state index in [-0.39, 0.29) is 12.0 Å². The van der Waals surface area contributed by atoms with Gasteiger partial charge in [0.1, 0.15) is 0 Å². The molecule has 0 bridgehead atoms. The highest BCUT2D eigenvalue weighted by molar-refractivity contribution is 7.99. The van der Waals surface area contributed by atoms with E-state index in [1.807, 2.05) is 59.3 Å². The Kier molecular flexibility index (Phi) is 7.52. The van der Waals surface area contributed by atoms with Crippen molar-refractivity contribution in [3.63, 3.8) is 0 Å². The average molecular weight is 472 g/mol. The lowest BCUT2D eigenvalue weighted by atomic mass is 10.0. The molecule has 0 aliphatic carbocycles. The van der Waals surface area contributed by atoms with E-state index in [0.29, 0.717) is 13.2 Å². The van der Waals surface area contributed by atoms with E-state index >= 15 is 0 Å². The number of carbonyl (C=O) groups is 1. The van der Waals surface area contributed by atoms with Crippen LogP contribution in [0.5, 0.6) is 0 Å². The molecule has 0 saturated carbocycles. The molecule has 2 aromatic carbocycles. The SMILES string of the molecule is CC(=O)Nc1ccc(SC[C@H]2CO[C@](CCc3ccc(Cl)cc3)(Cn3ccnc3)O2)cc1. The summed E-state index contributed by atoms with van der Waals surface area (Å²) in [5.74, 6) is 0.0159. The van der Waals surface area contributed by atoms with Crippen LogP contribution in [0.25, 0.3) is 0 Å². The van der Waals surface area contributed by atoms with Crippen LogP contribution in [0.3, 0.4) is 0 Å². The highest BCUT2D eigenvalue weighted by atomic mass is 35.5. The average Bonchev–Trinajstić information content (AvgIpc) is 3.43. The summed E-state index contributed by atoms with van der Waals surface area (Å²) in [5, 5.41) is 3.52. The lowest BCUT2D eigenvalue weighted by molar-refractivity contribution is -0.180. The number of hydrogen-bond donors (Lipinski definition) is 1. The molecule has 32 heavy (non-hydrogen) atoms. The quantitative estimate of drug-likeness (QED) is 0.443. The fraction of sp³-hybridized carbons (Fsp3) is 0.333. The van der Waals surface area contributed by atoms with Crippen LogP contribution in [-0.4, -0.2) is 39.7 Å². The predicted molar refractivity (Wildman–Crippen MR) is 127 cm³/mol. The molecule has 0 radical (unpaired) electrons. The number of rotatable bonds is 9. The zero-order valence-corrected chi connectivity index (χ0v) is 19.4. The number of carbonyl (C=O) groups excluding carboxylic acids is 1. The van der Waals surface area contributed by atoms with Crippen LogP contribution in [-0.2, 0) is 27.2 Å². The monoisotopic (exact) mass is 471 g/mol. The number of aryl methyl sites for hydroxylation is 1. The first-order valence-electron chi connectivity index (χ1n) is 10.5. The maximum atomic E-state index is 11.2. The van der Waals surface area contributed by atoms with Gasteiger partial charge in [0.25, 0.3) is 0 Å². The molecule has 168 valence electrons. The zero-order chi connectivity index (χ0) is 22.4. The van der Waals surface area contributed by atoms with Crippen molar-refractivity contribution in [3.8, 4) is 0 Å². The molecule has 0 spiro atoms. The summed E-state index contributed by atoms with van der Waals surface area (Å²) in [7, 11) is 0. The second-order valence-electron chi connectivity index (χ2n) is 7.84. The molecule has 0 unspecified atom stereocenters. The van der Waals surface area contributed by atoms with Gasteiger partial charge in [0, 0.05) is 47.1 Å². The molecular formula is C24H26ClN3O3S. The molecule has 1 aliphatic heterocycles. The van der Waals surface area contributed by atoms with E-state index in [9.17, 15) is 4.79 Å². The van der Waals surface area contributed by atoms with Crippen molar-refractivity contribution in [3.05, 3.63) is 77.8 Å². The van der Waals surface area contributed by atoms with Crippen LogP contribution < -0.4 is 5.32 Å². The summed E-state index contributed by atoms with van der Waals surface area (Å²) in [6.07, 6.45) is 7.03. The number of hydrogen-bond acceptors (Lipinski definition) is 5. The highest BCUT2D eigenvalue weighted by Crippen LogP contribution is 2.33. The molecule has 8 heteroatoms. The number of ether oxygens (including phenoxy) is 2. The zero-order valence-electron chi connectivity index (χ0n) is 17.9. The fourth-order valence-corrected chi connectivity index (χ4v) is 4.66. The summed E-state index contributed by atoms with van der Waals surface area (Å²) < 4.78 is 14.8. The minimum Gasteiger partial charge on any atom is -0.345 e. The molecule has 4 rings (SSSR count). The Morgan fingerprint density at radius 1 is 1.25 bits per heavy atom. The second kappa shape index (κ2) is 10.5. The molecule has 1 aliphatic rings. The van der Waals surface area contributed by atoms with Crippen molar-refractivity contribution in [1.29, 1.82) is 0 Å². The second-order valence-corrected chi connectivity index (χ2v) is 9.37. The number of halogens is 1. The predicted octanol–water partition coefficient (Wildman–Crippen LogP) is 5.03. The molecule has 2 heterocycles. The van der Waals surface area contributed by atoms with Crippen LogP contribution in [0.1, 0.15) is 18.9 Å². The van der Waals surface area contributed by atoms with Gasteiger partial charge in [-0.2, -0.15) is 0 Å². The number of amides is 1. The Hall–Kier alpha value is -2.32. The third-order valence-electron chi connectivity index (χ3n) is 5.21. The van der Waals surface area contributed by atoms with Gasteiger partial charge in [-0.1, -0.05) is 23.7 Å². The maximum absolute atomic E-state index is 11.2. The Morgan fingerprint density at radius 3 is 2.72 bits per heavy atom. The van der Waals surface area contributed by atoms with E-state index in [1.54, 1.807) is 24.3 Å². The summed E-state index contributed by atoms with van der Waals surface area (Å²) >= 11 is 7.73.